The molecule has 1 N–H and O–H groups in total. The van der Waals surface area contributed by atoms with Crippen molar-refractivity contribution in [1.82, 2.24) is 10.2 Å². The van der Waals surface area contributed by atoms with Crippen molar-refractivity contribution in [3.05, 3.63) is 35.4 Å². The fourth-order valence-corrected chi connectivity index (χ4v) is 3.12. The molecule has 4 nitrogen and oxygen atoms in total. The van der Waals surface area contributed by atoms with Gasteiger partial charge in [-0.15, -0.1) is 0 Å². The van der Waals surface area contributed by atoms with Crippen LogP contribution in [-0.2, 0) is 15.6 Å². The molecule has 1 saturated heterocycles. The second kappa shape index (κ2) is 7.18. The molecular weight excluding hydrogens is 284 g/mol. The smallest absolute Gasteiger partial charge is 0.241 e. The molecule has 0 aromatic heterocycles. The van der Waals surface area contributed by atoms with Crippen LogP contribution in [0.3, 0.4) is 0 Å². The summed E-state index contributed by atoms with van der Waals surface area (Å²) in [5, 5.41) is 3.43. The van der Waals surface area contributed by atoms with E-state index in [1.807, 2.05) is 4.90 Å². The summed E-state index contributed by atoms with van der Waals surface area (Å²) in [7, 11) is -0.888. The van der Waals surface area contributed by atoms with E-state index in [2.05, 4.69) is 43.4 Å². The first-order valence-electron chi connectivity index (χ1n) is 7.46. The molecule has 21 heavy (non-hydrogen) atoms. The van der Waals surface area contributed by atoms with Crippen molar-refractivity contribution in [2.45, 2.75) is 38.9 Å². The Morgan fingerprint density at radius 2 is 1.95 bits per heavy atom. The maximum absolute atomic E-state index is 12.5. The molecule has 116 valence electrons. The fraction of sp³-hybridized carbons (Fsp3) is 0.562. The number of carbonyl (C=O) groups excluding carboxylic acids is 1. The summed E-state index contributed by atoms with van der Waals surface area (Å²) in [6.07, 6.45) is 3.39. The van der Waals surface area contributed by atoms with E-state index < -0.39 is 10.8 Å². The Bertz CT molecular complexity index is 516. The van der Waals surface area contributed by atoms with Gasteiger partial charge in [0.15, 0.2) is 0 Å². The zero-order valence-electron chi connectivity index (χ0n) is 13.0. The van der Waals surface area contributed by atoms with Crippen LogP contribution in [0, 0.1) is 6.92 Å². The number of nitrogens with one attached hydrogen (secondary N) is 1. The molecule has 1 aliphatic heterocycles. The van der Waals surface area contributed by atoms with Crippen molar-refractivity contribution in [3.63, 3.8) is 0 Å². The number of aryl methyl sites for hydroxylation is 1. The van der Waals surface area contributed by atoms with Gasteiger partial charge in [-0.1, -0.05) is 43.2 Å². The van der Waals surface area contributed by atoms with Crippen molar-refractivity contribution in [2.75, 3.05) is 18.6 Å². The zero-order chi connectivity index (χ0) is 15.4. The van der Waals surface area contributed by atoms with Gasteiger partial charge in [-0.2, -0.15) is 0 Å². The molecule has 5 heteroatoms. The lowest BCUT2D eigenvalue weighted by Crippen LogP contribution is -2.34. The monoisotopic (exact) mass is 308 g/mol. The summed E-state index contributed by atoms with van der Waals surface area (Å²) in [6.45, 7) is 4.67. The van der Waals surface area contributed by atoms with E-state index >= 15 is 0 Å². The lowest BCUT2D eigenvalue weighted by Gasteiger charge is -2.24. The van der Waals surface area contributed by atoms with Gasteiger partial charge in [0.05, 0.1) is 6.04 Å². The molecule has 1 heterocycles. The van der Waals surface area contributed by atoms with Crippen LogP contribution >= 0.6 is 0 Å². The summed E-state index contributed by atoms with van der Waals surface area (Å²) in [5.41, 5.74) is 2.30. The molecule has 3 unspecified atom stereocenters. The minimum atomic E-state index is -0.888. The summed E-state index contributed by atoms with van der Waals surface area (Å²) in [5.74, 6) is 0.655. The summed E-state index contributed by atoms with van der Waals surface area (Å²) < 4.78 is 11.4. The average molecular weight is 308 g/mol. The molecule has 1 fully saturated rings. The number of hydrogen-bond acceptors (Lipinski definition) is 3. The number of rotatable bonds is 6. The molecule has 3 atom stereocenters. The first-order chi connectivity index (χ1) is 10.0. The van der Waals surface area contributed by atoms with Gasteiger partial charge >= 0.3 is 0 Å². The first-order valence-corrected chi connectivity index (χ1v) is 9.18. The van der Waals surface area contributed by atoms with Gasteiger partial charge < -0.3 is 4.90 Å². The summed E-state index contributed by atoms with van der Waals surface area (Å²) >= 11 is 0. The van der Waals surface area contributed by atoms with Crippen LogP contribution in [-0.4, -0.2) is 39.6 Å². The predicted octanol–water partition coefficient (Wildman–Crippen LogP) is 1.97. The predicted molar refractivity (Wildman–Crippen MR) is 86.4 cm³/mol. The molecule has 1 aromatic carbocycles. The van der Waals surface area contributed by atoms with Crippen LogP contribution in [0.1, 0.15) is 37.1 Å². The fourth-order valence-electron chi connectivity index (χ4n) is 2.67. The second-order valence-corrected chi connectivity index (χ2v) is 7.18. The summed E-state index contributed by atoms with van der Waals surface area (Å²) in [4.78, 5) is 14.4. The minimum Gasteiger partial charge on any atom is -0.321 e. The Balaban J connectivity index is 2.20. The van der Waals surface area contributed by atoms with Crippen molar-refractivity contribution in [3.8, 4) is 0 Å². The Hall–Kier alpha value is -1.20. The van der Waals surface area contributed by atoms with Crippen LogP contribution in [0.5, 0.6) is 0 Å². The van der Waals surface area contributed by atoms with E-state index in [1.54, 1.807) is 6.26 Å². The number of amides is 1. The highest BCUT2D eigenvalue weighted by molar-refractivity contribution is 7.84. The quantitative estimate of drug-likeness (QED) is 0.874. The molecule has 1 aliphatic rings. The Kier molecular flexibility index (Phi) is 5.53. The number of hydrogen-bond donors (Lipinski definition) is 1. The molecule has 0 bridgehead atoms. The Labute approximate surface area is 129 Å². The van der Waals surface area contributed by atoms with Crippen LogP contribution < -0.4 is 5.32 Å². The second-order valence-electron chi connectivity index (χ2n) is 5.63. The number of carbonyl (C=O) groups is 1. The van der Waals surface area contributed by atoms with Gasteiger partial charge in [-0.3, -0.25) is 14.3 Å². The van der Waals surface area contributed by atoms with E-state index in [9.17, 15) is 9.00 Å². The van der Waals surface area contributed by atoms with Crippen LogP contribution in [0.15, 0.2) is 24.3 Å². The third-order valence-electron chi connectivity index (χ3n) is 3.84. The molecule has 1 aromatic rings. The molecule has 0 aliphatic carbocycles. The third-order valence-corrected chi connectivity index (χ3v) is 4.60. The van der Waals surface area contributed by atoms with E-state index in [0.29, 0.717) is 12.3 Å². The number of nitrogens with zero attached hydrogens (tertiary/aromatic N) is 1. The van der Waals surface area contributed by atoms with Gasteiger partial charge in [0, 0.05) is 29.4 Å². The normalized spacial score (nSPS) is 23.6. The number of benzene rings is 1. The lowest BCUT2D eigenvalue weighted by molar-refractivity contribution is -0.130. The van der Waals surface area contributed by atoms with Gasteiger partial charge in [-0.05, 0) is 18.9 Å². The van der Waals surface area contributed by atoms with Gasteiger partial charge in [-0.25, -0.2) is 0 Å². The minimum absolute atomic E-state index is 0.0989. The standard InChI is InChI=1S/C16H24N2O2S/c1-4-5-14-16(19)18(10-11-21(3)20)15(17-14)13-8-6-12(2)7-9-13/h6-9,14-15,17H,4-5,10-11H2,1-3H3. The maximum atomic E-state index is 12.5. The van der Waals surface area contributed by atoms with E-state index in [1.165, 1.54) is 5.56 Å². The Morgan fingerprint density at radius 1 is 1.29 bits per heavy atom. The highest BCUT2D eigenvalue weighted by Crippen LogP contribution is 2.27. The molecule has 0 spiro atoms. The van der Waals surface area contributed by atoms with Gasteiger partial charge in [0.1, 0.15) is 6.17 Å². The Morgan fingerprint density at radius 3 is 2.52 bits per heavy atom. The van der Waals surface area contributed by atoms with Crippen LogP contribution in [0.2, 0.25) is 0 Å². The van der Waals surface area contributed by atoms with E-state index in [4.69, 9.17) is 0 Å². The molecule has 1 amide bonds. The molecule has 2 rings (SSSR count). The van der Waals surface area contributed by atoms with Crippen molar-refractivity contribution in [2.24, 2.45) is 0 Å². The van der Waals surface area contributed by atoms with Crippen molar-refractivity contribution >= 4 is 16.7 Å². The maximum Gasteiger partial charge on any atom is 0.241 e. The van der Waals surface area contributed by atoms with E-state index in [0.717, 1.165) is 18.4 Å². The SMILES string of the molecule is CCCC1NC(c2ccc(C)cc2)N(CCS(C)=O)C1=O. The van der Waals surface area contributed by atoms with Gasteiger partial charge in [0.2, 0.25) is 5.91 Å². The van der Waals surface area contributed by atoms with Crippen LogP contribution in [0.4, 0.5) is 0 Å². The molecular formula is C16H24N2O2S. The van der Waals surface area contributed by atoms with Crippen LogP contribution in [0.25, 0.3) is 0 Å². The summed E-state index contributed by atoms with van der Waals surface area (Å²) in [6, 6.07) is 8.12. The van der Waals surface area contributed by atoms with Crippen molar-refractivity contribution < 1.29 is 9.00 Å². The lowest BCUT2D eigenvalue weighted by atomic mass is 10.1. The first kappa shape index (κ1) is 16.2. The topological polar surface area (TPSA) is 49.4 Å². The average Bonchev–Trinajstić information content (AvgIpc) is 2.75. The largest absolute Gasteiger partial charge is 0.321 e. The zero-order valence-corrected chi connectivity index (χ0v) is 13.8. The third kappa shape index (κ3) is 3.92. The van der Waals surface area contributed by atoms with Crippen molar-refractivity contribution in [1.29, 1.82) is 0 Å². The highest BCUT2D eigenvalue weighted by atomic mass is 32.2. The highest BCUT2D eigenvalue weighted by Gasteiger charge is 2.38. The molecule has 0 saturated carbocycles. The van der Waals surface area contributed by atoms with E-state index in [-0.39, 0.29) is 18.1 Å². The molecule has 0 radical (unpaired) electrons. The van der Waals surface area contributed by atoms with Gasteiger partial charge in [0.25, 0.3) is 0 Å².